The van der Waals surface area contributed by atoms with E-state index in [1.165, 1.54) is 12.3 Å². The predicted octanol–water partition coefficient (Wildman–Crippen LogP) is 3.58. The van der Waals surface area contributed by atoms with E-state index in [0.29, 0.717) is 28.8 Å². The fourth-order valence-corrected chi connectivity index (χ4v) is 3.68. The standard InChI is InChI=1S/C21H22F3N5O/c22-21(23,24)19-4-1-14(13-26-19)16-2-3-17-20(28-16)18(5-8-25-17)27-15-6-9-29(10-7-15)11-12-30/h1-5,8,13,15,30H,6-7,9-12H2,(H,25,27). The number of nitrogens with one attached hydrogen (secondary N) is 1. The van der Waals surface area contributed by atoms with Gasteiger partial charge in [0.2, 0.25) is 0 Å². The minimum absolute atomic E-state index is 0.165. The molecular weight excluding hydrogens is 395 g/mol. The maximum absolute atomic E-state index is 12.8. The summed E-state index contributed by atoms with van der Waals surface area (Å²) in [5, 5.41) is 12.6. The number of hydrogen-bond donors (Lipinski definition) is 2. The maximum atomic E-state index is 12.8. The van der Waals surface area contributed by atoms with E-state index in [1.807, 2.05) is 12.1 Å². The van der Waals surface area contributed by atoms with E-state index in [0.717, 1.165) is 37.7 Å². The molecule has 0 saturated carbocycles. The minimum Gasteiger partial charge on any atom is -0.395 e. The highest BCUT2D eigenvalue weighted by Gasteiger charge is 2.32. The number of β-amino-alcohol motifs (C(OH)–C–C–N with tert-alkyl or cyclic N) is 1. The zero-order valence-electron chi connectivity index (χ0n) is 16.2. The number of nitrogens with zero attached hydrogens (tertiary/aromatic N) is 4. The maximum Gasteiger partial charge on any atom is 0.433 e. The van der Waals surface area contributed by atoms with Crippen LogP contribution in [0.2, 0.25) is 0 Å². The number of pyridine rings is 3. The van der Waals surface area contributed by atoms with Crippen molar-refractivity contribution < 1.29 is 18.3 Å². The third-order valence-electron chi connectivity index (χ3n) is 5.30. The van der Waals surface area contributed by atoms with Crippen molar-refractivity contribution in [1.29, 1.82) is 0 Å². The molecule has 0 unspecified atom stereocenters. The molecule has 1 saturated heterocycles. The molecule has 0 aromatic carbocycles. The van der Waals surface area contributed by atoms with Crippen LogP contribution in [0.25, 0.3) is 22.3 Å². The monoisotopic (exact) mass is 417 g/mol. The quantitative estimate of drug-likeness (QED) is 0.661. The van der Waals surface area contributed by atoms with Crippen molar-refractivity contribution in [2.75, 3.05) is 31.6 Å². The van der Waals surface area contributed by atoms with E-state index in [9.17, 15) is 13.2 Å². The summed E-state index contributed by atoms with van der Waals surface area (Å²) in [5.74, 6) is 0. The number of likely N-dealkylation sites (tertiary alicyclic amines) is 1. The van der Waals surface area contributed by atoms with E-state index < -0.39 is 11.9 Å². The highest BCUT2D eigenvalue weighted by molar-refractivity contribution is 5.89. The third-order valence-corrected chi connectivity index (χ3v) is 5.30. The van der Waals surface area contributed by atoms with Gasteiger partial charge in [-0.1, -0.05) is 0 Å². The van der Waals surface area contributed by atoms with Crippen LogP contribution in [0.5, 0.6) is 0 Å². The van der Waals surface area contributed by atoms with E-state index in [1.54, 1.807) is 12.3 Å². The summed E-state index contributed by atoms with van der Waals surface area (Å²) in [6.45, 7) is 2.68. The molecule has 0 radical (unpaired) electrons. The minimum atomic E-state index is -4.47. The second kappa shape index (κ2) is 8.53. The molecule has 0 atom stereocenters. The van der Waals surface area contributed by atoms with Gasteiger partial charge in [0.1, 0.15) is 11.2 Å². The average molecular weight is 417 g/mol. The second-order valence-corrected chi connectivity index (χ2v) is 7.34. The summed E-state index contributed by atoms with van der Waals surface area (Å²) in [6, 6.07) is 8.03. The summed E-state index contributed by atoms with van der Waals surface area (Å²) in [6.07, 6.45) is 0.339. The summed E-state index contributed by atoms with van der Waals surface area (Å²) < 4.78 is 38.3. The van der Waals surface area contributed by atoms with Crippen molar-refractivity contribution in [2.24, 2.45) is 0 Å². The number of anilines is 1. The van der Waals surface area contributed by atoms with Crippen LogP contribution in [-0.2, 0) is 6.18 Å². The molecule has 3 aromatic heterocycles. The summed E-state index contributed by atoms with van der Waals surface area (Å²) >= 11 is 0. The average Bonchev–Trinajstić information content (AvgIpc) is 2.75. The Balaban J connectivity index is 1.57. The molecule has 4 rings (SSSR count). The molecule has 0 bridgehead atoms. The number of halogens is 3. The van der Waals surface area contributed by atoms with Crippen LogP contribution in [0, 0.1) is 0 Å². The van der Waals surface area contributed by atoms with Gasteiger partial charge < -0.3 is 15.3 Å². The Morgan fingerprint density at radius 1 is 1.07 bits per heavy atom. The van der Waals surface area contributed by atoms with Crippen LogP contribution in [0.1, 0.15) is 18.5 Å². The van der Waals surface area contributed by atoms with Crippen molar-refractivity contribution in [3.05, 3.63) is 48.4 Å². The lowest BCUT2D eigenvalue weighted by Crippen LogP contribution is -2.40. The molecule has 0 amide bonds. The second-order valence-electron chi connectivity index (χ2n) is 7.34. The molecule has 9 heteroatoms. The number of hydrogen-bond acceptors (Lipinski definition) is 6. The van der Waals surface area contributed by atoms with Gasteiger partial charge in [0, 0.05) is 43.6 Å². The first-order valence-corrected chi connectivity index (χ1v) is 9.83. The highest BCUT2D eigenvalue weighted by atomic mass is 19.4. The Labute approximate surface area is 171 Å². The van der Waals surface area contributed by atoms with Crippen molar-refractivity contribution in [2.45, 2.75) is 25.1 Å². The molecular formula is C21H22F3N5O. The predicted molar refractivity (Wildman–Crippen MR) is 108 cm³/mol. The molecule has 1 fully saturated rings. The number of aliphatic hydroxyl groups is 1. The lowest BCUT2D eigenvalue weighted by molar-refractivity contribution is -0.141. The van der Waals surface area contributed by atoms with Crippen LogP contribution in [0.3, 0.4) is 0 Å². The molecule has 1 aliphatic heterocycles. The normalized spacial score (nSPS) is 16.1. The fraction of sp³-hybridized carbons (Fsp3) is 0.381. The van der Waals surface area contributed by atoms with Gasteiger partial charge in [0.15, 0.2) is 0 Å². The van der Waals surface area contributed by atoms with Gasteiger partial charge >= 0.3 is 6.18 Å². The molecule has 158 valence electrons. The van der Waals surface area contributed by atoms with Crippen molar-refractivity contribution >= 4 is 16.7 Å². The molecule has 0 spiro atoms. The van der Waals surface area contributed by atoms with Crippen molar-refractivity contribution in [3.8, 4) is 11.3 Å². The largest absolute Gasteiger partial charge is 0.433 e. The van der Waals surface area contributed by atoms with Crippen LogP contribution < -0.4 is 5.32 Å². The molecule has 0 aliphatic carbocycles. The lowest BCUT2D eigenvalue weighted by Gasteiger charge is -2.32. The number of aliphatic hydroxyl groups excluding tert-OH is 1. The molecule has 30 heavy (non-hydrogen) atoms. The fourth-order valence-electron chi connectivity index (χ4n) is 3.68. The topological polar surface area (TPSA) is 74.2 Å². The zero-order valence-corrected chi connectivity index (χ0v) is 16.2. The molecule has 3 aromatic rings. The van der Waals surface area contributed by atoms with Crippen LogP contribution >= 0.6 is 0 Å². The first-order valence-electron chi connectivity index (χ1n) is 9.83. The van der Waals surface area contributed by atoms with Gasteiger partial charge in [-0.15, -0.1) is 0 Å². The molecule has 6 nitrogen and oxygen atoms in total. The summed E-state index contributed by atoms with van der Waals surface area (Å²) in [7, 11) is 0. The lowest BCUT2D eigenvalue weighted by atomic mass is 10.0. The highest BCUT2D eigenvalue weighted by Crippen LogP contribution is 2.30. The zero-order chi connectivity index (χ0) is 21.1. The van der Waals surface area contributed by atoms with Gasteiger partial charge in [-0.3, -0.25) is 9.97 Å². The Hall–Kier alpha value is -2.78. The smallest absolute Gasteiger partial charge is 0.395 e. The molecule has 1 aliphatic rings. The van der Waals surface area contributed by atoms with E-state index in [-0.39, 0.29) is 12.6 Å². The Kier molecular flexibility index (Phi) is 5.83. The Bertz CT molecular complexity index is 1000. The molecule has 2 N–H and O–H groups in total. The summed E-state index contributed by atoms with van der Waals surface area (Å²) in [4.78, 5) is 14.8. The van der Waals surface area contributed by atoms with Crippen molar-refractivity contribution in [3.63, 3.8) is 0 Å². The first-order chi connectivity index (χ1) is 14.4. The molecule has 4 heterocycles. The van der Waals surface area contributed by atoms with E-state index >= 15 is 0 Å². The van der Waals surface area contributed by atoms with Gasteiger partial charge in [-0.05, 0) is 43.2 Å². The number of rotatable bonds is 5. The number of alkyl halides is 3. The Morgan fingerprint density at radius 3 is 2.53 bits per heavy atom. The van der Waals surface area contributed by atoms with E-state index in [4.69, 9.17) is 5.11 Å². The number of aromatic nitrogens is 3. The number of fused-ring (bicyclic) bond motifs is 1. The van der Waals surface area contributed by atoms with Crippen LogP contribution in [0.4, 0.5) is 18.9 Å². The van der Waals surface area contributed by atoms with Crippen molar-refractivity contribution in [1.82, 2.24) is 19.9 Å². The van der Waals surface area contributed by atoms with Crippen LogP contribution in [0.15, 0.2) is 42.7 Å². The first kappa shape index (κ1) is 20.5. The van der Waals surface area contributed by atoms with E-state index in [2.05, 4.69) is 25.2 Å². The van der Waals surface area contributed by atoms with Crippen LogP contribution in [-0.4, -0.2) is 57.2 Å². The summed E-state index contributed by atoms with van der Waals surface area (Å²) in [5.41, 5.74) is 2.36. The van der Waals surface area contributed by atoms with Gasteiger partial charge in [-0.2, -0.15) is 13.2 Å². The third kappa shape index (κ3) is 4.52. The van der Waals surface area contributed by atoms with Gasteiger partial charge in [0.05, 0.1) is 23.5 Å². The van der Waals surface area contributed by atoms with Gasteiger partial charge in [-0.25, -0.2) is 4.98 Å². The SMILES string of the molecule is OCCN1CCC(Nc2ccnc3ccc(-c4ccc(C(F)(F)F)nc4)nc23)CC1. The number of piperidine rings is 1. The van der Waals surface area contributed by atoms with Gasteiger partial charge in [0.25, 0.3) is 0 Å². The Morgan fingerprint density at radius 2 is 1.87 bits per heavy atom.